The van der Waals surface area contributed by atoms with E-state index in [4.69, 9.17) is 14.2 Å². The number of carbonyl (C=O) groups is 4. The van der Waals surface area contributed by atoms with Gasteiger partial charge in [-0.2, -0.15) is 0 Å². The van der Waals surface area contributed by atoms with Crippen molar-refractivity contribution in [2.75, 3.05) is 30.5 Å². The number of urea groups is 1. The quantitative estimate of drug-likeness (QED) is 0.303. The van der Waals surface area contributed by atoms with Crippen molar-refractivity contribution >= 4 is 41.2 Å². The highest BCUT2D eigenvalue weighted by Gasteiger charge is 2.36. The molecule has 3 aromatic carbocycles. The molecule has 0 unspecified atom stereocenters. The van der Waals surface area contributed by atoms with E-state index in [0.717, 1.165) is 16.0 Å². The van der Waals surface area contributed by atoms with Gasteiger partial charge in [0.25, 0.3) is 17.7 Å². The summed E-state index contributed by atoms with van der Waals surface area (Å²) < 4.78 is 16.5. The van der Waals surface area contributed by atoms with Crippen molar-refractivity contribution in [3.63, 3.8) is 0 Å². The fourth-order valence-corrected chi connectivity index (χ4v) is 3.99. The molecule has 0 saturated carbocycles. The van der Waals surface area contributed by atoms with Crippen LogP contribution in [0.1, 0.15) is 23.6 Å². The predicted octanol–water partition coefficient (Wildman–Crippen LogP) is 4.39. The smallest absolute Gasteiger partial charge is 0.335 e. The lowest BCUT2D eigenvalue weighted by atomic mass is 10.1. The zero-order valence-electron chi connectivity index (χ0n) is 22.6. The number of hydrogen-bond acceptors (Lipinski definition) is 7. The summed E-state index contributed by atoms with van der Waals surface area (Å²) in [6.45, 7) is 5.69. The Labute approximate surface area is 231 Å². The van der Waals surface area contributed by atoms with E-state index in [1.54, 1.807) is 49.4 Å². The number of anilines is 2. The van der Waals surface area contributed by atoms with Gasteiger partial charge in [0.05, 0.1) is 19.4 Å². The predicted molar refractivity (Wildman–Crippen MR) is 150 cm³/mol. The van der Waals surface area contributed by atoms with Gasteiger partial charge in [0.1, 0.15) is 11.3 Å². The third-order valence-corrected chi connectivity index (χ3v) is 6.04. The lowest BCUT2D eigenvalue weighted by Gasteiger charge is -2.26. The van der Waals surface area contributed by atoms with E-state index in [0.29, 0.717) is 35.1 Å². The van der Waals surface area contributed by atoms with Crippen molar-refractivity contribution in [2.45, 2.75) is 20.8 Å². The number of ether oxygens (including phenoxy) is 3. The minimum atomic E-state index is -0.852. The van der Waals surface area contributed by atoms with Crippen LogP contribution in [-0.2, 0) is 14.4 Å². The third kappa shape index (κ3) is 6.29. The van der Waals surface area contributed by atoms with Gasteiger partial charge >= 0.3 is 6.03 Å². The molecule has 4 rings (SSSR count). The summed E-state index contributed by atoms with van der Waals surface area (Å²) in [5, 5.41) is 5.04. The molecule has 10 heteroatoms. The summed E-state index contributed by atoms with van der Waals surface area (Å²) in [7, 11) is 1.50. The number of hydrogen-bond donors (Lipinski definition) is 2. The number of amides is 5. The Kier molecular flexibility index (Phi) is 8.48. The molecule has 5 amide bonds. The molecule has 1 aliphatic rings. The van der Waals surface area contributed by atoms with Crippen LogP contribution in [0, 0.1) is 13.8 Å². The Hall–Kier alpha value is -5.12. The second kappa shape index (κ2) is 12.2. The van der Waals surface area contributed by atoms with Crippen LogP contribution in [-0.4, -0.2) is 44.1 Å². The molecule has 1 aliphatic heterocycles. The van der Waals surface area contributed by atoms with E-state index in [2.05, 4.69) is 10.6 Å². The number of nitrogens with one attached hydrogen (secondary N) is 2. The number of benzene rings is 3. The lowest BCUT2D eigenvalue weighted by Crippen LogP contribution is -2.54. The molecular formula is C30H29N3O7. The summed E-state index contributed by atoms with van der Waals surface area (Å²) in [4.78, 5) is 51.7. The van der Waals surface area contributed by atoms with Gasteiger partial charge in [0, 0.05) is 5.69 Å². The maximum Gasteiger partial charge on any atom is 0.335 e. The fourth-order valence-electron chi connectivity index (χ4n) is 3.99. The Balaban J connectivity index is 1.53. The molecule has 206 valence electrons. The third-order valence-electron chi connectivity index (χ3n) is 6.04. The molecule has 3 aromatic rings. The van der Waals surface area contributed by atoms with E-state index < -0.39 is 17.8 Å². The minimum absolute atomic E-state index is 0.237. The van der Waals surface area contributed by atoms with Gasteiger partial charge in [-0.05, 0) is 86.0 Å². The number of aryl methyl sites for hydroxylation is 2. The molecule has 0 radical (unpaired) electrons. The highest BCUT2D eigenvalue weighted by atomic mass is 16.5. The molecule has 1 fully saturated rings. The number of carbonyl (C=O) groups excluding carboxylic acids is 4. The van der Waals surface area contributed by atoms with Gasteiger partial charge in [-0.15, -0.1) is 0 Å². The van der Waals surface area contributed by atoms with Gasteiger partial charge in [0.2, 0.25) is 0 Å². The molecule has 0 spiro atoms. The largest absolute Gasteiger partial charge is 0.497 e. The Morgan fingerprint density at radius 2 is 1.70 bits per heavy atom. The molecule has 1 saturated heterocycles. The zero-order valence-corrected chi connectivity index (χ0v) is 22.6. The normalized spacial score (nSPS) is 14.2. The Morgan fingerprint density at radius 3 is 2.40 bits per heavy atom. The molecule has 0 bridgehead atoms. The fraction of sp³-hybridized carbons (Fsp3) is 0.200. The highest BCUT2D eigenvalue weighted by Crippen LogP contribution is 2.31. The van der Waals surface area contributed by atoms with Gasteiger partial charge in [0.15, 0.2) is 18.1 Å². The summed E-state index contributed by atoms with van der Waals surface area (Å²) >= 11 is 0. The van der Waals surface area contributed by atoms with E-state index in [9.17, 15) is 19.2 Å². The van der Waals surface area contributed by atoms with Crippen LogP contribution in [0.3, 0.4) is 0 Å². The molecule has 0 aromatic heterocycles. The molecule has 0 atom stereocenters. The summed E-state index contributed by atoms with van der Waals surface area (Å²) in [6.07, 6.45) is 1.36. The van der Waals surface area contributed by atoms with Gasteiger partial charge < -0.3 is 19.5 Å². The first kappa shape index (κ1) is 27.9. The molecule has 10 nitrogen and oxygen atoms in total. The van der Waals surface area contributed by atoms with Crippen molar-refractivity contribution in [1.29, 1.82) is 0 Å². The van der Waals surface area contributed by atoms with Crippen LogP contribution in [0.2, 0.25) is 0 Å². The SMILES string of the molecule is CCOc1cc(/C=C2\C(=O)NC(=O)N(c3ccc(OC)cc3)C2=O)ccc1OCC(=O)Nc1cc(C)ccc1C. The maximum absolute atomic E-state index is 13.2. The lowest BCUT2D eigenvalue weighted by molar-refractivity contribution is -0.122. The number of barbiturate groups is 1. The molecule has 1 heterocycles. The number of imide groups is 2. The molecular weight excluding hydrogens is 514 g/mol. The summed E-state index contributed by atoms with van der Waals surface area (Å²) in [6, 6.07) is 16.0. The van der Waals surface area contributed by atoms with Crippen LogP contribution < -0.4 is 29.7 Å². The van der Waals surface area contributed by atoms with Crippen LogP contribution >= 0.6 is 0 Å². The Bertz CT molecular complexity index is 1500. The average molecular weight is 544 g/mol. The van der Waals surface area contributed by atoms with Gasteiger partial charge in [-0.25, -0.2) is 9.69 Å². The standard InChI is InChI=1S/C30H29N3O7/c1-5-39-26-16-20(8-13-25(26)40-17-27(34)31-24-14-18(2)6-7-19(24)3)15-23-28(35)32-30(37)33(29(23)36)21-9-11-22(38-4)12-10-21/h6-16H,5,17H2,1-4H3,(H,31,34)(H,32,35,37)/b23-15+. The van der Waals surface area contributed by atoms with Crippen LogP contribution in [0.5, 0.6) is 17.2 Å². The van der Waals surface area contributed by atoms with Crippen LogP contribution in [0.15, 0.2) is 66.2 Å². The van der Waals surface area contributed by atoms with Crippen molar-refractivity contribution in [1.82, 2.24) is 5.32 Å². The van der Waals surface area contributed by atoms with Gasteiger partial charge in [-0.1, -0.05) is 18.2 Å². The topological polar surface area (TPSA) is 123 Å². The van der Waals surface area contributed by atoms with E-state index in [-0.39, 0.29) is 23.8 Å². The first-order valence-corrected chi connectivity index (χ1v) is 12.5. The first-order chi connectivity index (χ1) is 19.2. The van der Waals surface area contributed by atoms with E-state index in [1.165, 1.54) is 13.2 Å². The summed E-state index contributed by atoms with van der Waals surface area (Å²) in [5.41, 5.74) is 3.15. The average Bonchev–Trinajstić information content (AvgIpc) is 2.93. The second-order valence-electron chi connectivity index (χ2n) is 8.95. The van der Waals surface area contributed by atoms with Crippen molar-refractivity contribution in [2.24, 2.45) is 0 Å². The highest BCUT2D eigenvalue weighted by molar-refractivity contribution is 6.39. The molecule has 0 aliphatic carbocycles. The van der Waals surface area contributed by atoms with Crippen molar-refractivity contribution in [3.8, 4) is 17.2 Å². The number of rotatable bonds is 9. The van der Waals surface area contributed by atoms with Crippen LogP contribution in [0.25, 0.3) is 6.08 Å². The molecule has 2 N–H and O–H groups in total. The summed E-state index contributed by atoms with van der Waals surface area (Å²) in [5.74, 6) is -0.747. The second-order valence-corrected chi connectivity index (χ2v) is 8.95. The Morgan fingerprint density at radius 1 is 0.950 bits per heavy atom. The van der Waals surface area contributed by atoms with Crippen molar-refractivity contribution < 1.29 is 33.4 Å². The number of methoxy groups -OCH3 is 1. The van der Waals surface area contributed by atoms with Crippen molar-refractivity contribution in [3.05, 3.63) is 82.9 Å². The first-order valence-electron chi connectivity index (χ1n) is 12.5. The zero-order chi connectivity index (χ0) is 28.8. The maximum atomic E-state index is 13.2. The van der Waals surface area contributed by atoms with Crippen LogP contribution in [0.4, 0.5) is 16.2 Å². The number of nitrogens with zero attached hydrogens (tertiary/aromatic N) is 1. The molecule has 40 heavy (non-hydrogen) atoms. The van der Waals surface area contributed by atoms with Gasteiger partial charge in [-0.3, -0.25) is 19.7 Å². The van der Waals surface area contributed by atoms with E-state index >= 15 is 0 Å². The minimum Gasteiger partial charge on any atom is -0.497 e. The van der Waals surface area contributed by atoms with E-state index in [1.807, 2.05) is 32.0 Å². The monoisotopic (exact) mass is 543 g/mol.